The molecule has 20 heavy (non-hydrogen) atoms. The molecule has 0 saturated carbocycles. The van der Waals surface area contributed by atoms with Crippen LogP contribution in [0, 0.1) is 10.1 Å². The van der Waals surface area contributed by atoms with Crippen LogP contribution < -0.4 is 10.5 Å². The zero-order valence-electron chi connectivity index (χ0n) is 11.5. The molecule has 1 rings (SSSR count). The average Bonchev–Trinajstić information content (AvgIpc) is 2.35. The summed E-state index contributed by atoms with van der Waals surface area (Å²) in [6, 6.07) is 3.77. The van der Waals surface area contributed by atoms with E-state index in [1.807, 2.05) is 25.9 Å². The van der Waals surface area contributed by atoms with Crippen molar-refractivity contribution in [3.8, 4) is 0 Å². The molecule has 112 valence electrons. The number of anilines is 1. The number of nitrogen functional groups attached to an aromatic ring is 1. The number of sulfonamides is 1. The van der Waals surface area contributed by atoms with Crippen molar-refractivity contribution in [1.82, 2.24) is 9.62 Å². The number of nitrogens with one attached hydrogen (secondary N) is 1. The number of nitrogens with two attached hydrogens (primary N) is 1. The smallest absolute Gasteiger partial charge is 0.312 e. The molecule has 0 amide bonds. The van der Waals surface area contributed by atoms with Gasteiger partial charge in [0.25, 0.3) is 0 Å². The van der Waals surface area contributed by atoms with Crippen molar-refractivity contribution in [2.24, 2.45) is 0 Å². The lowest BCUT2D eigenvalue weighted by Gasteiger charge is -2.20. The van der Waals surface area contributed by atoms with Crippen molar-refractivity contribution in [3.05, 3.63) is 28.3 Å². The highest BCUT2D eigenvalue weighted by Crippen LogP contribution is 2.29. The molecule has 1 aromatic carbocycles. The summed E-state index contributed by atoms with van der Waals surface area (Å²) in [5.74, 6) is 0. The maximum absolute atomic E-state index is 12.1. The van der Waals surface area contributed by atoms with Crippen molar-refractivity contribution >= 4 is 21.4 Å². The van der Waals surface area contributed by atoms with E-state index in [4.69, 9.17) is 5.73 Å². The van der Waals surface area contributed by atoms with E-state index < -0.39 is 25.5 Å². The molecule has 0 bridgehead atoms. The van der Waals surface area contributed by atoms with E-state index in [0.717, 1.165) is 6.07 Å². The van der Waals surface area contributed by atoms with Crippen LogP contribution in [0.2, 0.25) is 0 Å². The van der Waals surface area contributed by atoms with Gasteiger partial charge in [-0.25, -0.2) is 13.1 Å². The lowest BCUT2D eigenvalue weighted by atomic mass is 10.3. The molecule has 0 aliphatic heterocycles. The van der Waals surface area contributed by atoms with Gasteiger partial charge in [-0.15, -0.1) is 0 Å². The van der Waals surface area contributed by atoms with Crippen LogP contribution in [0.15, 0.2) is 23.1 Å². The molecule has 9 heteroatoms. The number of hydrogen-bond donors (Lipinski definition) is 2. The Kier molecular flexibility index (Phi) is 5.03. The second kappa shape index (κ2) is 6.16. The number of nitro groups is 1. The summed E-state index contributed by atoms with van der Waals surface area (Å²) >= 11 is 0. The fourth-order valence-corrected chi connectivity index (χ4v) is 2.76. The van der Waals surface area contributed by atoms with Crippen molar-refractivity contribution in [3.63, 3.8) is 0 Å². The van der Waals surface area contributed by atoms with Gasteiger partial charge in [0.1, 0.15) is 5.69 Å². The maximum atomic E-state index is 12.1. The van der Waals surface area contributed by atoms with Gasteiger partial charge in [0.15, 0.2) is 4.90 Å². The van der Waals surface area contributed by atoms with Crippen molar-refractivity contribution < 1.29 is 13.3 Å². The third kappa shape index (κ3) is 3.65. The molecule has 1 unspecified atom stereocenters. The SMILES string of the molecule is CC(CNS(=O)(=O)c1cccc(N)c1[N+](=O)[O-])N(C)C. The normalized spacial score (nSPS) is 13.4. The van der Waals surface area contributed by atoms with Gasteiger partial charge < -0.3 is 10.6 Å². The summed E-state index contributed by atoms with van der Waals surface area (Å²) < 4.78 is 26.6. The van der Waals surface area contributed by atoms with Gasteiger partial charge in [-0.2, -0.15) is 0 Å². The first kappa shape index (κ1) is 16.3. The van der Waals surface area contributed by atoms with E-state index in [1.165, 1.54) is 12.1 Å². The quantitative estimate of drug-likeness (QED) is 0.446. The summed E-state index contributed by atoms with van der Waals surface area (Å²) in [5.41, 5.74) is 4.70. The van der Waals surface area contributed by atoms with Crippen LogP contribution >= 0.6 is 0 Å². The van der Waals surface area contributed by atoms with E-state index in [2.05, 4.69) is 4.72 Å². The minimum Gasteiger partial charge on any atom is -0.393 e. The number of hydrogen-bond acceptors (Lipinski definition) is 6. The molecule has 0 saturated heterocycles. The average molecular weight is 302 g/mol. The van der Waals surface area contributed by atoms with Gasteiger partial charge in [-0.05, 0) is 33.2 Å². The van der Waals surface area contributed by atoms with Gasteiger partial charge in [-0.3, -0.25) is 10.1 Å². The highest BCUT2D eigenvalue weighted by molar-refractivity contribution is 7.89. The number of benzene rings is 1. The van der Waals surface area contributed by atoms with Gasteiger partial charge in [-0.1, -0.05) is 6.07 Å². The number of rotatable bonds is 6. The maximum Gasteiger partial charge on any atom is 0.312 e. The molecular formula is C11H18N4O4S. The predicted molar refractivity (Wildman–Crippen MR) is 75.8 cm³/mol. The van der Waals surface area contributed by atoms with Crippen LogP contribution in [0.25, 0.3) is 0 Å². The molecule has 3 N–H and O–H groups in total. The van der Waals surface area contributed by atoms with Crippen molar-refractivity contribution in [2.45, 2.75) is 17.9 Å². The molecule has 1 aromatic rings. The van der Waals surface area contributed by atoms with Crippen LogP contribution in [0.3, 0.4) is 0 Å². The monoisotopic (exact) mass is 302 g/mol. The standard InChI is InChI=1S/C11H18N4O4S/c1-8(14(2)3)7-13-20(18,19)10-6-4-5-9(12)11(10)15(16)17/h4-6,8,13H,7,12H2,1-3H3. The topological polar surface area (TPSA) is 119 Å². The summed E-state index contributed by atoms with van der Waals surface area (Å²) in [6.45, 7) is 1.97. The number of nitrogens with zero attached hydrogens (tertiary/aromatic N) is 2. The molecule has 8 nitrogen and oxygen atoms in total. The Balaban J connectivity index is 3.11. The largest absolute Gasteiger partial charge is 0.393 e. The Morgan fingerprint density at radius 1 is 1.45 bits per heavy atom. The molecule has 0 radical (unpaired) electrons. The zero-order chi connectivity index (χ0) is 15.5. The fraction of sp³-hybridized carbons (Fsp3) is 0.455. The number of para-hydroxylation sites is 1. The molecule has 0 heterocycles. The first-order valence-corrected chi connectivity index (χ1v) is 7.34. The first-order chi connectivity index (χ1) is 9.16. The number of nitro benzene ring substituents is 1. The Morgan fingerprint density at radius 2 is 2.05 bits per heavy atom. The number of likely N-dealkylation sites (N-methyl/N-ethyl adjacent to an activating group) is 1. The lowest BCUT2D eigenvalue weighted by Crippen LogP contribution is -2.38. The van der Waals surface area contributed by atoms with Crippen LogP contribution in [0.1, 0.15) is 6.92 Å². The molecule has 0 aliphatic carbocycles. The van der Waals surface area contributed by atoms with E-state index in [1.54, 1.807) is 0 Å². The van der Waals surface area contributed by atoms with Crippen molar-refractivity contribution in [1.29, 1.82) is 0 Å². The molecule has 0 aromatic heterocycles. The summed E-state index contributed by atoms with van der Waals surface area (Å²) in [5, 5.41) is 11.0. The summed E-state index contributed by atoms with van der Waals surface area (Å²) in [6.07, 6.45) is 0. The Hall–Kier alpha value is -1.71. The Morgan fingerprint density at radius 3 is 2.55 bits per heavy atom. The van der Waals surface area contributed by atoms with Gasteiger partial charge in [0.2, 0.25) is 10.0 Å². The van der Waals surface area contributed by atoms with E-state index in [0.29, 0.717) is 0 Å². The first-order valence-electron chi connectivity index (χ1n) is 5.85. The van der Waals surface area contributed by atoms with Crippen LogP contribution in [-0.2, 0) is 10.0 Å². The van der Waals surface area contributed by atoms with Crippen LogP contribution in [0.5, 0.6) is 0 Å². The van der Waals surface area contributed by atoms with E-state index in [-0.39, 0.29) is 18.3 Å². The Labute approximate surface area is 117 Å². The van der Waals surface area contributed by atoms with Gasteiger partial charge >= 0.3 is 5.69 Å². The van der Waals surface area contributed by atoms with Crippen molar-refractivity contribution in [2.75, 3.05) is 26.4 Å². The predicted octanol–water partition coefficient (Wildman–Crippen LogP) is 0.405. The van der Waals surface area contributed by atoms with Crippen LogP contribution in [-0.4, -0.2) is 44.9 Å². The second-order valence-corrected chi connectivity index (χ2v) is 6.35. The molecule has 0 fully saturated rings. The van der Waals surface area contributed by atoms with Gasteiger partial charge in [0, 0.05) is 12.6 Å². The highest BCUT2D eigenvalue weighted by atomic mass is 32.2. The highest BCUT2D eigenvalue weighted by Gasteiger charge is 2.28. The van der Waals surface area contributed by atoms with E-state index >= 15 is 0 Å². The summed E-state index contributed by atoms with van der Waals surface area (Å²) in [7, 11) is -0.370. The second-order valence-electron chi connectivity index (χ2n) is 4.62. The zero-order valence-corrected chi connectivity index (χ0v) is 12.3. The molecule has 1 atom stereocenters. The minimum atomic E-state index is -3.99. The Bertz CT molecular complexity index is 600. The molecule has 0 spiro atoms. The van der Waals surface area contributed by atoms with Gasteiger partial charge in [0.05, 0.1) is 4.92 Å². The summed E-state index contributed by atoms with van der Waals surface area (Å²) in [4.78, 5) is 11.6. The van der Waals surface area contributed by atoms with E-state index in [9.17, 15) is 18.5 Å². The lowest BCUT2D eigenvalue weighted by molar-refractivity contribution is -0.386. The van der Waals surface area contributed by atoms with Crippen LogP contribution in [0.4, 0.5) is 11.4 Å². The third-order valence-electron chi connectivity index (χ3n) is 2.95. The molecular weight excluding hydrogens is 284 g/mol. The third-order valence-corrected chi connectivity index (χ3v) is 4.41. The molecule has 0 aliphatic rings. The minimum absolute atomic E-state index is 0.0510. The fourth-order valence-electron chi connectivity index (χ4n) is 1.44.